The fourth-order valence-corrected chi connectivity index (χ4v) is 5.35. The van der Waals surface area contributed by atoms with Gasteiger partial charge in [-0.2, -0.15) is 4.39 Å². The summed E-state index contributed by atoms with van der Waals surface area (Å²) in [6.07, 6.45) is 0. The first-order valence-corrected chi connectivity index (χ1v) is 11.8. The Morgan fingerprint density at radius 2 is 2.00 bits per heavy atom. The van der Waals surface area contributed by atoms with Gasteiger partial charge in [0.25, 0.3) is 5.91 Å². The van der Waals surface area contributed by atoms with Crippen LogP contribution in [-0.4, -0.2) is 58.6 Å². The van der Waals surface area contributed by atoms with Gasteiger partial charge in [-0.3, -0.25) is 14.3 Å². The van der Waals surface area contributed by atoms with Crippen molar-refractivity contribution in [2.24, 2.45) is 0 Å². The normalized spacial score (nSPS) is 14.6. The van der Waals surface area contributed by atoms with Gasteiger partial charge in [-0.25, -0.2) is 9.78 Å². The van der Waals surface area contributed by atoms with Gasteiger partial charge in [0.05, 0.1) is 11.2 Å². The molecule has 2 N–H and O–H groups in total. The van der Waals surface area contributed by atoms with Crippen LogP contribution < -0.4 is 15.9 Å². The fourth-order valence-electron chi connectivity index (χ4n) is 4.09. The van der Waals surface area contributed by atoms with Gasteiger partial charge in [-0.05, 0) is 52.7 Å². The molecular formula is C22H24BrFN6O2S. The summed E-state index contributed by atoms with van der Waals surface area (Å²) in [6.45, 7) is 5.83. The zero-order valence-electron chi connectivity index (χ0n) is 18.3. The molecule has 1 amide bonds. The van der Waals surface area contributed by atoms with Gasteiger partial charge in [0.15, 0.2) is 0 Å². The standard InChI is InChI=1S/C22H24BrFN6O2S/c1-3-30-21(33)18-14(23)10-13(11-16(18)27-22(30)32)12-28-6-8-29(9-7-28)17-5-4-15(20(31)25-2)26-19(17)24/h4-5,10-11H,3,6-9,12H2,1-2H3,(H,25,31)(H,27,32). The van der Waals surface area contributed by atoms with Gasteiger partial charge < -0.3 is 15.2 Å². The highest BCUT2D eigenvalue weighted by Crippen LogP contribution is 2.26. The van der Waals surface area contributed by atoms with E-state index in [9.17, 15) is 14.0 Å². The summed E-state index contributed by atoms with van der Waals surface area (Å²) in [6, 6.07) is 7.13. The molecule has 2 aromatic heterocycles. The first kappa shape index (κ1) is 23.5. The number of anilines is 1. The lowest BCUT2D eigenvalue weighted by molar-refractivity contribution is 0.0957. The number of nitrogens with one attached hydrogen (secondary N) is 2. The first-order chi connectivity index (χ1) is 15.8. The molecule has 0 spiro atoms. The van der Waals surface area contributed by atoms with E-state index in [-0.39, 0.29) is 11.4 Å². The van der Waals surface area contributed by atoms with Crippen LogP contribution in [0, 0.1) is 10.6 Å². The van der Waals surface area contributed by atoms with Crippen molar-refractivity contribution >= 4 is 50.6 Å². The lowest BCUT2D eigenvalue weighted by atomic mass is 10.1. The Kier molecular flexibility index (Phi) is 6.91. The van der Waals surface area contributed by atoms with Gasteiger partial charge in [0.1, 0.15) is 10.3 Å². The van der Waals surface area contributed by atoms with Crippen LogP contribution in [-0.2, 0) is 13.1 Å². The highest BCUT2D eigenvalue weighted by Gasteiger charge is 2.22. The third kappa shape index (κ3) is 4.71. The molecule has 1 aliphatic heterocycles. The van der Waals surface area contributed by atoms with Crippen LogP contribution in [0.15, 0.2) is 33.5 Å². The van der Waals surface area contributed by atoms with Crippen LogP contribution in [0.5, 0.6) is 0 Å². The molecule has 0 atom stereocenters. The Hall–Kier alpha value is -2.63. The minimum absolute atomic E-state index is 0.0593. The maximum atomic E-state index is 14.5. The van der Waals surface area contributed by atoms with Crippen molar-refractivity contribution in [1.29, 1.82) is 0 Å². The smallest absolute Gasteiger partial charge is 0.326 e. The number of hydrogen-bond acceptors (Lipinski definition) is 6. The van der Waals surface area contributed by atoms with Crippen LogP contribution in [0.25, 0.3) is 10.9 Å². The van der Waals surface area contributed by atoms with E-state index in [2.05, 4.69) is 36.1 Å². The number of aromatic nitrogens is 3. The number of pyridine rings is 1. The zero-order chi connectivity index (χ0) is 23.7. The predicted octanol–water partition coefficient (Wildman–Crippen LogP) is 3.06. The summed E-state index contributed by atoms with van der Waals surface area (Å²) in [5.74, 6) is -1.06. The molecule has 1 fully saturated rings. The van der Waals surface area contributed by atoms with Crippen LogP contribution in [0.4, 0.5) is 10.1 Å². The number of piperazine rings is 1. The van der Waals surface area contributed by atoms with E-state index in [1.807, 2.05) is 24.0 Å². The van der Waals surface area contributed by atoms with E-state index < -0.39 is 11.9 Å². The maximum absolute atomic E-state index is 14.5. The Morgan fingerprint density at radius 3 is 2.64 bits per heavy atom. The molecule has 0 aliphatic carbocycles. The number of benzene rings is 1. The molecule has 1 aliphatic rings. The zero-order valence-corrected chi connectivity index (χ0v) is 20.7. The number of H-pyrrole nitrogens is 1. The molecule has 0 bridgehead atoms. The van der Waals surface area contributed by atoms with Gasteiger partial charge in [-0.1, -0.05) is 12.2 Å². The Balaban J connectivity index is 1.48. The highest BCUT2D eigenvalue weighted by molar-refractivity contribution is 9.10. The molecule has 3 aromatic rings. The summed E-state index contributed by atoms with van der Waals surface area (Å²) < 4.78 is 17.4. The molecule has 33 heavy (non-hydrogen) atoms. The van der Waals surface area contributed by atoms with Crippen LogP contribution in [0.1, 0.15) is 23.0 Å². The van der Waals surface area contributed by atoms with E-state index >= 15 is 0 Å². The number of hydrogen-bond donors (Lipinski definition) is 2. The number of halogens is 2. The molecule has 8 nitrogen and oxygen atoms in total. The second-order valence-electron chi connectivity index (χ2n) is 7.83. The quantitative estimate of drug-likeness (QED) is 0.386. The number of fused-ring (bicyclic) bond motifs is 1. The number of aromatic amines is 1. The molecule has 174 valence electrons. The first-order valence-electron chi connectivity index (χ1n) is 10.6. The summed E-state index contributed by atoms with van der Waals surface area (Å²) in [5.41, 5.74) is 2.00. The molecule has 0 radical (unpaired) electrons. The van der Waals surface area contributed by atoms with E-state index in [4.69, 9.17) is 12.2 Å². The second kappa shape index (κ2) is 9.70. The van der Waals surface area contributed by atoms with Crippen molar-refractivity contribution in [3.8, 4) is 0 Å². The topological polar surface area (TPSA) is 86.3 Å². The summed E-state index contributed by atoms with van der Waals surface area (Å²) in [5, 5.41) is 3.27. The average Bonchev–Trinajstić information content (AvgIpc) is 2.79. The highest BCUT2D eigenvalue weighted by atomic mass is 79.9. The molecule has 0 unspecified atom stereocenters. The molecule has 3 heterocycles. The second-order valence-corrected chi connectivity index (χ2v) is 9.07. The van der Waals surface area contributed by atoms with Gasteiger partial charge in [-0.15, -0.1) is 0 Å². The lowest BCUT2D eigenvalue weighted by Crippen LogP contribution is -2.46. The number of carbonyl (C=O) groups excluding carboxylic acids is 1. The monoisotopic (exact) mass is 534 g/mol. The van der Waals surface area contributed by atoms with Crippen molar-refractivity contribution in [2.75, 3.05) is 38.1 Å². The lowest BCUT2D eigenvalue weighted by Gasteiger charge is -2.36. The third-order valence-electron chi connectivity index (χ3n) is 5.82. The molecule has 4 rings (SSSR count). The summed E-state index contributed by atoms with van der Waals surface area (Å²) in [4.78, 5) is 34.9. The number of amides is 1. The molecule has 11 heteroatoms. The Morgan fingerprint density at radius 1 is 1.27 bits per heavy atom. The largest absolute Gasteiger partial charge is 0.365 e. The van der Waals surface area contributed by atoms with Gasteiger partial charge in [0, 0.05) is 56.2 Å². The Labute approximate surface area is 203 Å². The van der Waals surface area contributed by atoms with Crippen LogP contribution in [0.3, 0.4) is 0 Å². The van der Waals surface area contributed by atoms with Gasteiger partial charge >= 0.3 is 5.69 Å². The number of rotatable bonds is 5. The molecule has 0 saturated carbocycles. The van der Waals surface area contributed by atoms with Crippen molar-refractivity contribution in [3.05, 3.63) is 61.1 Å². The van der Waals surface area contributed by atoms with Crippen molar-refractivity contribution in [1.82, 2.24) is 24.8 Å². The van der Waals surface area contributed by atoms with E-state index in [1.165, 1.54) is 17.7 Å². The predicted molar refractivity (Wildman–Crippen MR) is 132 cm³/mol. The van der Waals surface area contributed by atoms with Crippen molar-refractivity contribution in [2.45, 2.75) is 20.0 Å². The molecular weight excluding hydrogens is 511 g/mol. The van der Waals surface area contributed by atoms with E-state index in [1.54, 1.807) is 6.07 Å². The average molecular weight is 535 g/mol. The van der Waals surface area contributed by atoms with Crippen molar-refractivity contribution in [3.63, 3.8) is 0 Å². The van der Waals surface area contributed by atoms with E-state index in [0.717, 1.165) is 28.5 Å². The van der Waals surface area contributed by atoms with Crippen molar-refractivity contribution < 1.29 is 9.18 Å². The maximum Gasteiger partial charge on any atom is 0.326 e. The minimum Gasteiger partial charge on any atom is -0.365 e. The van der Waals surface area contributed by atoms with Crippen LogP contribution >= 0.6 is 28.1 Å². The molecule has 1 saturated heterocycles. The summed E-state index contributed by atoms with van der Waals surface area (Å²) >= 11 is 9.13. The minimum atomic E-state index is -0.643. The number of carbonyl (C=O) groups is 1. The Bertz CT molecular complexity index is 1330. The SMILES string of the molecule is CCn1c(=O)[nH]c2cc(CN3CCN(c4ccc(C(=O)NC)nc4F)CC3)cc(Br)c2c1=S. The van der Waals surface area contributed by atoms with E-state index in [0.29, 0.717) is 42.0 Å². The summed E-state index contributed by atoms with van der Waals surface area (Å²) in [7, 11) is 1.48. The van der Waals surface area contributed by atoms with Gasteiger partial charge in [0.2, 0.25) is 5.95 Å². The number of nitrogens with zero attached hydrogens (tertiary/aromatic N) is 4. The van der Waals surface area contributed by atoms with Crippen LogP contribution in [0.2, 0.25) is 0 Å². The fraction of sp³-hybridized carbons (Fsp3) is 0.364. The molecule has 1 aromatic carbocycles. The third-order valence-corrected chi connectivity index (χ3v) is 6.87.